The Morgan fingerprint density at radius 3 is 1.41 bits per heavy atom. The van der Waals surface area contributed by atoms with E-state index in [2.05, 4.69) is 0 Å². The van der Waals surface area contributed by atoms with Crippen molar-refractivity contribution < 1.29 is 49.0 Å². The number of halogens is 9. The van der Waals surface area contributed by atoms with E-state index in [1.807, 2.05) is 0 Å². The van der Waals surface area contributed by atoms with Crippen LogP contribution in [0, 0.1) is 34.9 Å². The molecule has 0 aliphatic heterocycles. The van der Waals surface area contributed by atoms with Crippen LogP contribution in [0.3, 0.4) is 0 Å². The quantitative estimate of drug-likeness (QED) is 0.349. The number of rotatable bonds is 4. The molecule has 0 atom stereocenters. The van der Waals surface area contributed by atoms with E-state index in [-0.39, 0.29) is 12.1 Å². The maximum Gasteiger partial charge on any atom is 0.420 e. The molecule has 0 amide bonds. The second kappa shape index (κ2) is 8.05. The Hall–Kier alpha value is -3.77. The van der Waals surface area contributed by atoms with Gasteiger partial charge in [0.15, 0.2) is 34.8 Å². The molecule has 4 N–H and O–H groups in total. The monoisotopic (exact) mass is 468 g/mol. The minimum atomic E-state index is -5.37. The smallest absolute Gasteiger partial charge is 0.420 e. The molecule has 3 rings (SSSR count). The lowest BCUT2D eigenvalue weighted by molar-refractivity contribution is -0.139. The summed E-state index contributed by atoms with van der Waals surface area (Å²) in [4.78, 5) is 0. The lowest BCUT2D eigenvalue weighted by Gasteiger charge is -2.18. The Morgan fingerprint density at radius 1 is 0.562 bits per heavy atom. The van der Waals surface area contributed by atoms with Crippen LogP contribution in [-0.2, 0) is 6.18 Å². The minimum Gasteiger partial charge on any atom is -0.453 e. The van der Waals surface area contributed by atoms with Gasteiger partial charge in [-0.3, -0.25) is 0 Å². The highest BCUT2D eigenvalue weighted by Crippen LogP contribution is 2.45. The molecule has 4 nitrogen and oxygen atoms in total. The van der Waals surface area contributed by atoms with Gasteiger partial charge < -0.3 is 20.9 Å². The first-order valence-corrected chi connectivity index (χ1v) is 8.23. The molecular formula is C19H9F9N2O2. The Kier molecular flexibility index (Phi) is 5.76. The number of alkyl halides is 3. The van der Waals surface area contributed by atoms with Gasteiger partial charge in [-0.1, -0.05) is 0 Å². The zero-order chi connectivity index (χ0) is 24.0. The highest BCUT2D eigenvalue weighted by atomic mass is 19.4. The largest absolute Gasteiger partial charge is 0.453 e. The van der Waals surface area contributed by atoms with Crippen LogP contribution >= 0.6 is 0 Å². The molecule has 0 bridgehead atoms. The van der Waals surface area contributed by atoms with Crippen LogP contribution in [0.4, 0.5) is 50.9 Å². The number of hydrogen-bond donors (Lipinski definition) is 2. The third kappa shape index (κ3) is 4.31. The summed E-state index contributed by atoms with van der Waals surface area (Å²) in [6.45, 7) is 0. The van der Waals surface area contributed by atoms with Crippen molar-refractivity contribution in [1.82, 2.24) is 0 Å². The highest BCUT2D eigenvalue weighted by Gasteiger charge is 2.39. The van der Waals surface area contributed by atoms with Gasteiger partial charge >= 0.3 is 6.18 Å². The molecule has 0 saturated heterocycles. The summed E-state index contributed by atoms with van der Waals surface area (Å²) in [6.07, 6.45) is -5.37. The van der Waals surface area contributed by atoms with Crippen molar-refractivity contribution in [2.75, 3.05) is 11.5 Å². The van der Waals surface area contributed by atoms with Crippen LogP contribution in [0.5, 0.6) is 23.0 Å². The van der Waals surface area contributed by atoms with Crippen molar-refractivity contribution in [1.29, 1.82) is 0 Å². The molecule has 3 aromatic carbocycles. The Morgan fingerprint density at radius 2 is 1.00 bits per heavy atom. The van der Waals surface area contributed by atoms with Gasteiger partial charge in [-0.2, -0.15) is 17.6 Å². The van der Waals surface area contributed by atoms with Gasteiger partial charge in [0.1, 0.15) is 17.1 Å². The standard InChI is InChI=1S/C19H9F9N2O2/c20-9-1-6(3-12(29)14(9)23)31-17-8(19(26,27)28)5-11(22)18(16(17)25)32-7-2-10(21)15(24)13(30)4-7/h1-5H,29-30H2. The molecule has 0 spiro atoms. The van der Waals surface area contributed by atoms with E-state index >= 15 is 0 Å². The molecule has 0 aliphatic rings. The second-order valence-corrected chi connectivity index (χ2v) is 6.20. The molecular weight excluding hydrogens is 459 g/mol. The first kappa shape index (κ1) is 22.9. The summed E-state index contributed by atoms with van der Waals surface area (Å²) < 4.78 is 132. The van der Waals surface area contributed by atoms with Crippen LogP contribution in [0.2, 0.25) is 0 Å². The van der Waals surface area contributed by atoms with Crippen LogP contribution in [0.1, 0.15) is 5.56 Å². The maximum absolute atomic E-state index is 14.9. The van der Waals surface area contributed by atoms with Crippen molar-refractivity contribution >= 4 is 11.4 Å². The third-order valence-corrected chi connectivity index (χ3v) is 3.94. The van der Waals surface area contributed by atoms with E-state index in [4.69, 9.17) is 20.9 Å². The summed E-state index contributed by atoms with van der Waals surface area (Å²) in [6, 6.07) is 1.56. The van der Waals surface area contributed by atoms with E-state index in [0.717, 1.165) is 0 Å². The Labute approximate surface area is 172 Å². The number of nitrogen functional groups attached to an aromatic ring is 2. The number of benzene rings is 3. The normalized spacial score (nSPS) is 11.5. The zero-order valence-corrected chi connectivity index (χ0v) is 15.3. The first-order valence-electron chi connectivity index (χ1n) is 8.23. The molecule has 0 saturated carbocycles. The number of hydrogen-bond acceptors (Lipinski definition) is 4. The van der Waals surface area contributed by atoms with Crippen LogP contribution in [0.25, 0.3) is 0 Å². The maximum atomic E-state index is 14.9. The van der Waals surface area contributed by atoms with Crippen molar-refractivity contribution in [3.8, 4) is 23.0 Å². The Balaban J connectivity index is 2.15. The summed E-state index contributed by atoms with van der Waals surface area (Å²) in [5.41, 5.74) is 6.66. The van der Waals surface area contributed by atoms with Crippen LogP contribution in [0.15, 0.2) is 30.3 Å². The molecule has 0 aliphatic carbocycles. The van der Waals surface area contributed by atoms with E-state index in [0.29, 0.717) is 18.2 Å². The van der Waals surface area contributed by atoms with Crippen molar-refractivity contribution in [2.24, 2.45) is 0 Å². The van der Waals surface area contributed by atoms with E-state index in [1.54, 1.807) is 0 Å². The lowest BCUT2D eigenvalue weighted by Crippen LogP contribution is -2.11. The molecule has 170 valence electrons. The predicted molar refractivity (Wildman–Crippen MR) is 93.0 cm³/mol. The zero-order valence-electron chi connectivity index (χ0n) is 15.3. The number of ether oxygens (including phenoxy) is 2. The first-order chi connectivity index (χ1) is 14.8. The molecule has 0 aromatic heterocycles. The van der Waals surface area contributed by atoms with Gasteiger partial charge in [-0.25, -0.2) is 22.0 Å². The van der Waals surface area contributed by atoms with E-state index in [1.165, 1.54) is 0 Å². The van der Waals surface area contributed by atoms with Gasteiger partial charge in [0.05, 0.1) is 11.4 Å². The fourth-order valence-corrected chi connectivity index (χ4v) is 2.51. The highest BCUT2D eigenvalue weighted by molar-refractivity contribution is 5.53. The van der Waals surface area contributed by atoms with Crippen molar-refractivity contribution in [2.45, 2.75) is 6.18 Å². The summed E-state index contributed by atoms with van der Waals surface area (Å²) in [5, 5.41) is 0. The summed E-state index contributed by atoms with van der Waals surface area (Å²) in [7, 11) is 0. The molecule has 13 heteroatoms. The molecule has 3 aromatic rings. The molecule has 0 unspecified atom stereocenters. The van der Waals surface area contributed by atoms with Crippen LogP contribution in [-0.4, -0.2) is 0 Å². The van der Waals surface area contributed by atoms with Crippen LogP contribution < -0.4 is 20.9 Å². The van der Waals surface area contributed by atoms with Crippen molar-refractivity contribution in [3.63, 3.8) is 0 Å². The van der Waals surface area contributed by atoms with Crippen molar-refractivity contribution in [3.05, 3.63) is 70.8 Å². The lowest BCUT2D eigenvalue weighted by atomic mass is 10.1. The predicted octanol–water partition coefficient (Wildman–Crippen LogP) is 6.29. The Bertz CT molecular complexity index is 1170. The summed E-state index contributed by atoms with van der Waals surface area (Å²) in [5.74, 6) is -15.0. The number of nitrogens with two attached hydrogens (primary N) is 2. The molecule has 0 fully saturated rings. The fourth-order valence-electron chi connectivity index (χ4n) is 2.51. The average molecular weight is 468 g/mol. The van der Waals surface area contributed by atoms with Gasteiger partial charge in [-0.05, 0) is 6.07 Å². The van der Waals surface area contributed by atoms with Gasteiger partial charge in [0, 0.05) is 24.3 Å². The molecule has 0 heterocycles. The van der Waals surface area contributed by atoms with E-state index < -0.39 is 81.0 Å². The SMILES string of the molecule is Nc1cc(Oc2c(F)cc(C(F)(F)F)c(Oc3cc(N)c(F)c(F)c3)c2F)cc(F)c1F. The second-order valence-electron chi connectivity index (χ2n) is 6.20. The van der Waals surface area contributed by atoms with Gasteiger partial charge in [0.2, 0.25) is 11.6 Å². The number of anilines is 2. The topological polar surface area (TPSA) is 70.5 Å². The van der Waals surface area contributed by atoms with Gasteiger partial charge in [-0.15, -0.1) is 0 Å². The average Bonchev–Trinajstić information content (AvgIpc) is 2.68. The van der Waals surface area contributed by atoms with E-state index in [9.17, 15) is 39.5 Å². The molecule has 0 radical (unpaired) electrons. The van der Waals surface area contributed by atoms with Gasteiger partial charge in [0.25, 0.3) is 0 Å². The molecule has 32 heavy (non-hydrogen) atoms. The fraction of sp³-hybridized carbons (Fsp3) is 0.0526. The summed E-state index contributed by atoms with van der Waals surface area (Å²) >= 11 is 0. The third-order valence-electron chi connectivity index (χ3n) is 3.94. The minimum absolute atomic E-state index is 0.208.